The van der Waals surface area contributed by atoms with Gasteiger partial charge in [0.2, 0.25) is 5.91 Å². The third-order valence-corrected chi connectivity index (χ3v) is 2.03. The number of hydrogen-bond acceptors (Lipinski definition) is 4. The van der Waals surface area contributed by atoms with Gasteiger partial charge >= 0.3 is 0 Å². The summed E-state index contributed by atoms with van der Waals surface area (Å²) in [6, 6.07) is 3.35. The number of pyridine rings is 1. The fraction of sp³-hybridized carbons (Fsp3) is 0.455. The van der Waals surface area contributed by atoms with Crippen LogP contribution < -0.4 is 16.4 Å². The lowest BCUT2D eigenvalue weighted by Gasteiger charge is -2.17. The predicted molar refractivity (Wildman–Crippen MR) is 65.0 cm³/mol. The Kier molecular flexibility index (Phi) is 4.10. The summed E-state index contributed by atoms with van der Waals surface area (Å²) in [6.45, 7) is 5.62. The van der Waals surface area contributed by atoms with Gasteiger partial charge in [-0.1, -0.05) is 0 Å². The molecule has 1 rings (SSSR count). The number of nitrogens with zero attached hydrogens (tertiary/aromatic N) is 1. The van der Waals surface area contributed by atoms with Gasteiger partial charge in [0, 0.05) is 12.2 Å². The number of nitrogens with two attached hydrogens (primary N) is 1. The molecule has 5 heteroatoms. The molecule has 0 aliphatic carbocycles. The van der Waals surface area contributed by atoms with E-state index >= 15 is 0 Å². The van der Waals surface area contributed by atoms with Crippen molar-refractivity contribution in [3.63, 3.8) is 0 Å². The molecule has 0 bridgehead atoms. The van der Waals surface area contributed by atoms with Crippen molar-refractivity contribution >= 4 is 17.4 Å². The van der Waals surface area contributed by atoms with E-state index < -0.39 is 0 Å². The Morgan fingerprint density at radius 2 is 2.12 bits per heavy atom. The Labute approximate surface area is 95.4 Å². The molecule has 1 heterocycles. The van der Waals surface area contributed by atoms with E-state index in [1.165, 1.54) is 0 Å². The molecule has 0 fully saturated rings. The molecule has 1 aromatic heterocycles. The number of anilines is 2. The van der Waals surface area contributed by atoms with Gasteiger partial charge in [-0.2, -0.15) is 0 Å². The van der Waals surface area contributed by atoms with E-state index in [1.54, 1.807) is 25.3 Å². The SMILES string of the molecule is CC(C)NC(=O)C(C)Nc1cccnc1N. The second kappa shape index (κ2) is 5.34. The third-order valence-electron chi connectivity index (χ3n) is 2.03. The molecule has 0 aliphatic rings. The highest BCUT2D eigenvalue weighted by Gasteiger charge is 2.14. The van der Waals surface area contributed by atoms with Crippen molar-refractivity contribution in [2.24, 2.45) is 0 Å². The highest BCUT2D eigenvalue weighted by Crippen LogP contribution is 2.14. The summed E-state index contributed by atoms with van der Waals surface area (Å²) in [6.07, 6.45) is 1.61. The van der Waals surface area contributed by atoms with Gasteiger partial charge in [-0.05, 0) is 32.9 Å². The zero-order valence-electron chi connectivity index (χ0n) is 9.82. The van der Waals surface area contributed by atoms with Crippen molar-refractivity contribution in [1.29, 1.82) is 0 Å². The number of rotatable bonds is 4. The van der Waals surface area contributed by atoms with Crippen molar-refractivity contribution in [1.82, 2.24) is 10.3 Å². The molecule has 1 unspecified atom stereocenters. The monoisotopic (exact) mass is 222 g/mol. The number of nitrogen functional groups attached to an aromatic ring is 1. The van der Waals surface area contributed by atoms with E-state index in [2.05, 4.69) is 15.6 Å². The Balaban J connectivity index is 2.61. The van der Waals surface area contributed by atoms with Gasteiger partial charge in [0.1, 0.15) is 11.9 Å². The molecule has 0 aliphatic heterocycles. The largest absolute Gasteiger partial charge is 0.382 e. The smallest absolute Gasteiger partial charge is 0.242 e. The average Bonchev–Trinajstić information content (AvgIpc) is 2.20. The van der Waals surface area contributed by atoms with Gasteiger partial charge in [0.05, 0.1) is 5.69 Å². The Morgan fingerprint density at radius 3 is 2.69 bits per heavy atom. The summed E-state index contributed by atoms with van der Waals surface area (Å²) in [4.78, 5) is 15.6. The number of carbonyl (C=O) groups excluding carboxylic acids is 1. The Morgan fingerprint density at radius 1 is 1.44 bits per heavy atom. The first-order valence-electron chi connectivity index (χ1n) is 5.28. The van der Waals surface area contributed by atoms with Crippen LogP contribution in [0.15, 0.2) is 18.3 Å². The van der Waals surface area contributed by atoms with Gasteiger partial charge < -0.3 is 16.4 Å². The number of hydrogen-bond donors (Lipinski definition) is 3. The topological polar surface area (TPSA) is 80.0 Å². The maximum absolute atomic E-state index is 11.6. The third kappa shape index (κ3) is 3.42. The van der Waals surface area contributed by atoms with Crippen LogP contribution in [0.1, 0.15) is 20.8 Å². The van der Waals surface area contributed by atoms with Crippen LogP contribution in [0.2, 0.25) is 0 Å². The first-order chi connectivity index (χ1) is 7.50. The van der Waals surface area contributed by atoms with E-state index in [1.807, 2.05) is 13.8 Å². The second-order valence-corrected chi connectivity index (χ2v) is 3.97. The molecule has 0 radical (unpaired) electrons. The van der Waals surface area contributed by atoms with Crippen LogP contribution in [-0.2, 0) is 4.79 Å². The Hall–Kier alpha value is -1.78. The van der Waals surface area contributed by atoms with Crippen LogP contribution in [0.4, 0.5) is 11.5 Å². The van der Waals surface area contributed by atoms with E-state index in [-0.39, 0.29) is 18.0 Å². The standard InChI is InChI=1S/C11H18N4O/c1-7(2)14-11(16)8(3)15-9-5-4-6-13-10(9)12/h4-8,15H,1-3H3,(H2,12,13)(H,14,16). The fourth-order valence-electron chi connectivity index (χ4n) is 1.25. The van der Waals surface area contributed by atoms with E-state index in [0.29, 0.717) is 11.5 Å². The van der Waals surface area contributed by atoms with Crippen molar-refractivity contribution in [2.75, 3.05) is 11.1 Å². The van der Waals surface area contributed by atoms with E-state index in [9.17, 15) is 4.79 Å². The number of amides is 1. The summed E-state index contributed by atoms with van der Waals surface area (Å²) in [5.41, 5.74) is 6.34. The second-order valence-electron chi connectivity index (χ2n) is 3.97. The molecule has 1 amide bonds. The lowest BCUT2D eigenvalue weighted by molar-refractivity contribution is -0.122. The van der Waals surface area contributed by atoms with Crippen molar-refractivity contribution in [3.05, 3.63) is 18.3 Å². The van der Waals surface area contributed by atoms with Crippen molar-refractivity contribution in [3.8, 4) is 0 Å². The summed E-state index contributed by atoms with van der Waals surface area (Å²) < 4.78 is 0. The normalized spacial score (nSPS) is 12.2. The molecule has 4 N–H and O–H groups in total. The summed E-state index contributed by atoms with van der Waals surface area (Å²) in [7, 11) is 0. The molecule has 1 atom stereocenters. The molecule has 1 aromatic rings. The van der Waals surface area contributed by atoms with Crippen molar-refractivity contribution < 1.29 is 4.79 Å². The van der Waals surface area contributed by atoms with Crippen LogP contribution in [0.25, 0.3) is 0 Å². The number of carbonyl (C=O) groups is 1. The lowest BCUT2D eigenvalue weighted by Crippen LogP contribution is -2.41. The van der Waals surface area contributed by atoms with E-state index in [0.717, 1.165) is 0 Å². The van der Waals surface area contributed by atoms with Gasteiger partial charge in [-0.15, -0.1) is 0 Å². The minimum Gasteiger partial charge on any atom is -0.382 e. The highest BCUT2D eigenvalue weighted by atomic mass is 16.2. The minimum absolute atomic E-state index is 0.0572. The van der Waals surface area contributed by atoms with Gasteiger partial charge in [0.25, 0.3) is 0 Å². The van der Waals surface area contributed by atoms with Crippen LogP contribution in [0, 0.1) is 0 Å². The maximum atomic E-state index is 11.6. The van der Waals surface area contributed by atoms with Gasteiger partial charge in [0.15, 0.2) is 0 Å². The predicted octanol–water partition coefficient (Wildman–Crippen LogP) is 0.989. The lowest BCUT2D eigenvalue weighted by atomic mass is 10.2. The summed E-state index contributed by atoms with van der Waals surface area (Å²) in [5.74, 6) is 0.338. The molecule has 88 valence electrons. The van der Waals surface area contributed by atoms with Crippen LogP contribution in [0.3, 0.4) is 0 Å². The maximum Gasteiger partial charge on any atom is 0.242 e. The first kappa shape index (κ1) is 12.3. The fourth-order valence-corrected chi connectivity index (χ4v) is 1.25. The zero-order chi connectivity index (χ0) is 12.1. The number of aromatic nitrogens is 1. The molecule has 0 spiro atoms. The average molecular weight is 222 g/mol. The van der Waals surface area contributed by atoms with Gasteiger partial charge in [-0.3, -0.25) is 4.79 Å². The van der Waals surface area contributed by atoms with Crippen molar-refractivity contribution in [2.45, 2.75) is 32.9 Å². The highest BCUT2D eigenvalue weighted by molar-refractivity contribution is 5.85. The number of nitrogens with one attached hydrogen (secondary N) is 2. The zero-order valence-corrected chi connectivity index (χ0v) is 9.82. The molecule has 5 nitrogen and oxygen atoms in total. The molecular formula is C11H18N4O. The molecule has 0 saturated carbocycles. The van der Waals surface area contributed by atoms with Crippen LogP contribution in [-0.4, -0.2) is 23.0 Å². The van der Waals surface area contributed by atoms with Crippen LogP contribution in [0.5, 0.6) is 0 Å². The summed E-state index contributed by atoms with van der Waals surface area (Å²) >= 11 is 0. The summed E-state index contributed by atoms with van der Waals surface area (Å²) in [5, 5.41) is 5.84. The molecule has 0 aromatic carbocycles. The van der Waals surface area contributed by atoms with E-state index in [4.69, 9.17) is 5.73 Å². The Bertz CT molecular complexity index is 365. The quantitative estimate of drug-likeness (QED) is 0.709. The van der Waals surface area contributed by atoms with Crippen LogP contribution >= 0.6 is 0 Å². The molecule has 16 heavy (non-hydrogen) atoms. The minimum atomic E-state index is -0.339. The first-order valence-corrected chi connectivity index (χ1v) is 5.28. The van der Waals surface area contributed by atoms with Gasteiger partial charge in [-0.25, -0.2) is 4.98 Å². The molecule has 0 saturated heterocycles. The molecular weight excluding hydrogens is 204 g/mol.